The standard InChI is InChI=1S/C9H11NO2.ClH/c1-9(2,8(11)12)7-5-3-4-6-10-7;/h3-6H,1-2H3,(H,11,12);1H. The molecule has 3 nitrogen and oxygen atoms in total. The summed E-state index contributed by atoms with van der Waals surface area (Å²) in [4.78, 5) is 14.8. The van der Waals surface area contributed by atoms with Crippen LogP contribution in [0.5, 0.6) is 0 Å². The van der Waals surface area contributed by atoms with Crippen LogP contribution in [-0.4, -0.2) is 16.1 Å². The van der Waals surface area contributed by atoms with Crippen molar-refractivity contribution in [3.05, 3.63) is 30.1 Å². The van der Waals surface area contributed by atoms with Crippen molar-refractivity contribution in [2.45, 2.75) is 19.3 Å². The summed E-state index contributed by atoms with van der Waals surface area (Å²) in [7, 11) is 0. The lowest BCUT2D eigenvalue weighted by atomic mass is 9.89. The van der Waals surface area contributed by atoms with Gasteiger partial charge in [-0.2, -0.15) is 0 Å². The summed E-state index contributed by atoms with van der Waals surface area (Å²) in [5.41, 5.74) is -0.321. The monoisotopic (exact) mass is 201 g/mol. The molecule has 0 amide bonds. The molecule has 0 bridgehead atoms. The second-order valence-electron chi connectivity index (χ2n) is 3.15. The Hall–Kier alpha value is -1.09. The minimum Gasteiger partial charge on any atom is -0.481 e. The fourth-order valence-electron chi connectivity index (χ4n) is 0.842. The molecule has 1 aromatic heterocycles. The van der Waals surface area contributed by atoms with E-state index in [1.54, 1.807) is 38.2 Å². The average Bonchev–Trinajstić information content (AvgIpc) is 2.06. The minimum absolute atomic E-state index is 0. The number of carboxylic acids is 1. The number of hydrogen-bond acceptors (Lipinski definition) is 2. The van der Waals surface area contributed by atoms with Crippen molar-refractivity contribution in [1.82, 2.24) is 4.98 Å². The fraction of sp³-hybridized carbons (Fsp3) is 0.333. The maximum Gasteiger partial charge on any atom is 0.315 e. The summed E-state index contributed by atoms with van der Waals surface area (Å²) >= 11 is 0. The molecule has 0 spiro atoms. The molecule has 1 heterocycles. The zero-order chi connectivity index (χ0) is 9.19. The number of carbonyl (C=O) groups is 1. The molecule has 0 saturated carbocycles. The van der Waals surface area contributed by atoms with Crippen LogP contribution in [0.2, 0.25) is 0 Å². The van der Waals surface area contributed by atoms with Crippen LogP contribution in [0.25, 0.3) is 0 Å². The van der Waals surface area contributed by atoms with E-state index in [1.807, 2.05) is 0 Å². The molecule has 0 atom stereocenters. The lowest BCUT2D eigenvalue weighted by molar-refractivity contribution is -0.142. The van der Waals surface area contributed by atoms with Crippen LogP contribution in [-0.2, 0) is 10.2 Å². The van der Waals surface area contributed by atoms with Gasteiger partial charge in [0.25, 0.3) is 0 Å². The maximum atomic E-state index is 10.8. The van der Waals surface area contributed by atoms with Crippen molar-refractivity contribution in [3.8, 4) is 0 Å². The first-order valence-electron chi connectivity index (χ1n) is 3.70. The number of carboxylic acid groups (broad SMARTS) is 1. The van der Waals surface area contributed by atoms with Crippen LogP contribution in [0.1, 0.15) is 19.5 Å². The molecule has 0 aromatic carbocycles. The highest BCUT2D eigenvalue weighted by atomic mass is 35.5. The van der Waals surface area contributed by atoms with E-state index in [-0.39, 0.29) is 12.4 Å². The Morgan fingerprint density at radius 3 is 2.46 bits per heavy atom. The van der Waals surface area contributed by atoms with Crippen molar-refractivity contribution >= 4 is 18.4 Å². The second-order valence-corrected chi connectivity index (χ2v) is 3.15. The highest BCUT2D eigenvalue weighted by Crippen LogP contribution is 2.20. The second kappa shape index (κ2) is 4.23. The van der Waals surface area contributed by atoms with Crippen molar-refractivity contribution in [2.24, 2.45) is 0 Å². The Balaban J connectivity index is 0.00000144. The number of nitrogens with zero attached hydrogens (tertiary/aromatic N) is 1. The third-order valence-electron chi connectivity index (χ3n) is 1.84. The molecule has 0 radical (unpaired) electrons. The van der Waals surface area contributed by atoms with E-state index in [0.29, 0.717) is 5.69 Å². The topological polar surface area (TPSA) is 50.2 Å². The molecule has 0 aliphatic heterocycles. The van der Waals surface area contributed by atoms with E-state index < -0.39 is 11.4 Å². The minimum atomic E-state index is -0.902. The third-order valence-corrected chi connectivity index (χ3v) is 1.84. The highest BCUT2D eigenvalue weighted by molar-refractivity contribution is 5.85. The molecule has 1 N–H and O–H groups in total. The van der Waals surface area contributed by atoms with Gasteiger partial charge in [0.05, 0.1) is 5.69 Å². The fourth-order valence-corrected chi connectivity index (χ4v) is 0.842. The Bertz CT molecular complexity index is 285. The number of pyridine rings is 1. The first-order valence-corrected chi connectivity index (χ1v) is 3.70. The molecule has 13 heavy (non-hydrogen) atoms. The molecule has 1 rings (SSSR count). The van der Waals surface area contributed by atoms with Crippen molar-refractivity contribution in [2.75, 3.05) is 0 Å². The smallest absolute Gasteiger partial charge is 0.315 e. The van der Waals surface area contributed by atoms with Crippen LogP contribution in [0.15, 0.2) is 24.4 Å². The van der Waals surface area contributed by atoms with Gasteiger partial charge >= 0.3 is 5.97 Å². The van der Waals surface area contributed by atoms with E-state index in [9.17, 15) is 4.79 Å². The number of aliphatic carboxylic acids is 1. The van der Waals surface area contributed by atoms with Crippen LogP contribution in [0.4, 0.5) is 0 Å². The first kappa shape index (κ1) is 11.9. The van der Waals surface area contributed by atoms with Crippen LogP contribution in [0, 0.1) is 0 Å². The largest absolute Gasteiger partial charge is 0.481 e. The molecule has 72 valence electrons. The molecule has 0 saturated heterocycles. The number of aromatic nitrogens is 1. The summed E-state index contributed by atoms with van der Waals surface area (Å²) in [6, 6.07) is 5.27. The lowest BCUT2D eigenvalue weighted by Gasteiger charge is -2.17. The Morgan fingerprint density at radius 1 is 1.46 bits per heavy atom. The van der Waals surface area contributed by atoms with E-state index in [1.165, 1.54) is 0 Å². The summed E-state index contributed by atoms with van der Waals surface area (Å²) in [6.45, 7) is 3.27. The molecule has 0 fully saturated rings. The van der Waals surface area contributed by atoms with Gasteiger partial charge in [0, 0.05) is 6.20 Å². The van der Waals surface area contributed by atoms with Gasteiger partial charge in [-0.1, -0.05) is 6.07 Å². The highest BCUT2D eigenvalue weighted by Gasteiger charge is 2.30. The Morgan fingerprint density at radius 2 is 2.08 bits per heavy atom. The van der Waals surface area contributed by atoms with Gasteiger partial charge < -0.3 is 5.11 Å². The summed E-state index contributed by atoms with van der Waals surface area (Å²) in [6.07, 6.45) is 1.60. The van der Waals surface area contributed by atoms with E-state index in [2.05, 4.69) is 4.98 Å². The van der Waals surface area contributed by atoms with E-state index >= 15 is 0 Å². The quantitative estimate of drug-likeness (QED) is 0.795. The van der Waals surface area contributed by atoms with Crippen molar-refractivity contribution in [1.29, 1.82) is 0 Å². The molecule has 4 heteroatoms. The molecule has 0 unspecified atom stereocenters. The zero-order valence-corrected chi connectivity index (χ0v) is 8.34. The summed E-state index contributed by atoms with van der Waals surface area (Å²) in [5, 5.41) is 8.85. The van der Waals surface area contributed by atoms with Gasteiger partial charge in [-0.05, 0) is 26.0 Å². The number of rotatable bonds is 2. The first-order chi connectivity index (χ1) is 5.55. The Labute approximate surface area is 83.2 Å². The van der Waals surface area contributed by atoms with Gasteiger partial charge in [0.2, 0.25) is 0 Å². The van der Waals surface area contributed by atoms with Gasteiger partial charge in [-0.25, -0.2) is 0 Å². The summed E-state index contributed by atoms with van der Waals surface area (Å²) < 4.78 is 0. The molecular formula is C9H12ClNO2. The third kappa shape index (κ3) is 2.42. The summed E-state index contributed by atoms with van der Waals surface area (Å²) in [5.74, 6) is -0.860. The number of hydrogen-bond donors (Lipinski definition) is 1. The Kier molecular flexibility index (Phi) is 3.88. The lowest BCUT2D eigenvalue weighted by Crippen LogP contribution is -2.29. The zero-order valence-electron chi connectivity index (χ0n) is 7.52. The van der Waals surface area contributed by atoms with E-state index in [4.69, 9.17) is 5.11 Å². The van der Waals surface area contributed by atoms with Crippen LogP contribution < -0.4 is 0 Å². The van der Waals surface area contributed by atoms with Gasteiger partial charge in [-0.3, -0.25) is 9.78 Å². The SMILES string of the molecule is CC(C)(C(=O)O)c1ccccn1.Cl. The van der Waals surface area contributed by atoms with E-state index in [0.717, 1.165) is 0 Å². The maximum absolute atomic E-state index is 10.8. The normalized spacial score (nSPS) is 10.3. The predicted octanol–water partition coefficient (Wildman–Crippen LogP) is 1.87. The molecule has 1 aromatic rings. The van der Waals surface area contributed by atoms with Gasteiger partial charge in [0.1, 0.15) is 5.41 Å². The van der Waals surface area contributed by atoms with Crippen LogP contribution in [0.3, 0.4) is 0 Å². The molecular weight excluding hydrogens is 190 g/mol. The number of halogens is 1. The predicted molar refractivity (Wildman–Crippen MR) is 52.1 cm³/mol. The molecule has 0 aliphatic carbocycles. The van der Waals surface area contributed by atoms with Gasteiger partial charge in [-0.15, -0.1) is 12.4 Å². The van der Waals surface area contributed by atoms with Crippen molar-refractivity contribution in [3.63, 3.8) is 0 Å². The molecule has 0 aliphatic rings. The van der Waals surface area contributed by atoms with Crippen LogP contribution >= 0.6 is 12.4 Å². The van der Waals surface area contributed by atoms with Crippen molar-refractivity contribution < 1.29 is 9.90 Å². The average molecular weight is 202 g/mol. The van der Waals surface area contributed by atoms with Gasteiger partial charge in [0.15, 0.2) is 0 Å².